The maximum atomic E-state index is 8.83. The minimum atomic E-state index is 0.288. The van der Waals surface area contributed by atoms with Gasteiger partial charge in [0, 0.05) is 18.7 Å². The van der Waals surface area contributed by atoms with E-state index in [9.17, 15) is 0 Å². The van der Waals surface area contributed by atoms with Crippen LogP contribution in [0.15, 0.2) is 29.4 Å². The van der Waals surface area contributed by atoms with Crippen LogP contribution in [0.25, 0.3) is 0 Å². The van der Waals surface area contributed by atoms with Crippen molar-refractivity contribution in [3.05, 3.63) is 41.2 Å². The molecule has 104 valence electrons. The van der Waals surface area contributed by atoms with Gasteiger partial charge in [0.1, 0.15) is 30.4 Å². The van der Waals surface area contributed by atoms with Gasteiger partial charge < -0.3 is 14.7 Å². The predicted molar refractivity (Wildman–Crippen MR) is 72.5 cm³/mol. The molecule has 1 aromatic heterocycles. The van der Waals surface area contributed by atoms with Gasteiger partial charge in [-0.25, -0.2) is 0 Å². The Labute approximate surface area is 116 Å². The Kier molecular flexibility index (Phi) is 3.06. The van der Waals surface area contributed by atoms with Crippen molar-refractivity contribution in [1.29, 1.82) is 0 Å². The van der Waals surface area contributed by atoms with E-state index in [1.807, 2.05) is 32.2 Å². The number of hydrogen-bond donors (Lipinski definition) is 1. The van der Waals surface area contributed by atoms with Crippen LogP contribution in [0.5, 0.6) is 11.5 Å². The highest BCUT2D eigenvalue weighted by Crippen LogP contribution is 2.30. The van der Waals surface area contributed by atoms with Crippen LogP contribution in [0.1, 0.15) is 17.0 Å². The molecule has 0 fully saturated rings. The Balaban J connectivity index is 1.75. The van der Waals surface area contributed by atoms with E-state index in [1.54, 1.807) is 10.7 Å². The third-order valence-electron chi connectivity index (χ3n) is 3.23. The lowest BCUT2D eigenvalue weighted by Crippen LogP contribution is -2.03. The molecule has 0 aliphatic carbocycles. The van der Waals surface area contributed by atoms with Crippen molar-refractivity contribution in [3.8, 4) is 11.5 Å². The SMILES string of the molecule is Cc1cc(COc2ccc3c(c2)OCC3=NO)n(C)n1. The van der Waals surface area contributed by atoms with Crippen LogP contribution < -0.4 is 9.47 Å². The molecule has 0 atom stereocenters. The standard InChI is InChI=1S/C14H15N3O3/c1-9-5-10(17(2)15-9)7-19-11-3-4-12-13(16-18)8-20-14(12)6-11/h3-6,18H,7-8H2,1-2H3. The van der Waals surface area contributed by atoms with E-state index in [2.05, 4.69) is 10.3 Å². The van der Waals surface area contributed by atoms with Gasteiger partial charge >= 0.3 is 0 Å². The van der Waals surface area contributed by atoms with Crippen LogP contribution in [0.4, 0.5) is 0 Å². The Hall–Kier alpha value is -2.50. The topological polar surface area (TPSA) is 68.9 Å². The molecule has 0 amide bonds. The molecule has 0 saturated carbocycles. The molecule has 20 heavy (non-hydrogen) atoms. The van der Waals surface area contributed by atoms with E-state index in [1.165, 1.54) is 0 Å². The van der Waals surface area contributed by atoms with Crippen LogP contribution in [-0.4, -0.2) is 27.3 Å². The number of aromatic nitrogens is 2. The summed E-state index contributed by atoms with van der Waals surface area (Å²) in [6.45, 7) is 2.68. The van der Waals surface area contributed by atoms with E-state index in [4.69, 9.17) is 14.7 Å². The zero-order valence-electron chi connectivity index (χ0n) is 11.3. The first-order valence-corrected chi connectivity index (χ1v) is 6.28. The highest BCUT2D eigenvalue weighted by Gasteiger charge is 2.20. The van der Waals surface area contributed by atoms with E-state index in [0.29, 0.717) is 23.8 Å². The van der Waals surface area contributed by atoms with E-state index in [-0.39, 0.29) is 6.61 Å². The highest BCUT2D eigenvalue weighted by atomic mass is 16.5. The zero-order valence-corrected chi connectivity index (χ0v) is 11.3. The quantitative estimate of drug-likeness (QED) is 0.684. The summed E-state index contributed by atoms with van der Waals surface area (Å²) in [5, 5.41) is 16.3. The van der Waals surface area contributed by atoms with Gasteiger partial charge in [-0.1, -0.05) is 5.16 Å². The smallest absolute Gasteiger partial charge is 0.134 e. The second kappa shape index (κ2) is 4.88. The van der Waals surface area contributed by atoms with Crippen LogP contribution in [0.2, 0.25) is 0 Å². The van der Waals surface area contributed by atoms with Crippen molar-refractivity contribution in [3.63, 3.8) is 0 Å². The molecule has 1 aliphatic heterocycles. The van der Waals surface area contributed by atoms with Gasteiger partial charge in [0.25, 0.3) is 0 Å². The van der Waals surface area contributed by atoms with Crippen molar-refractivity contribution in [2.24, 2.45) is 12.2 Å². The van der Waals surface area contributed by atoms with Crippen molar-refractivity contribution >= 4 is 5.71 Å². The van der Waals surface area contributed by atoms with Gasteiger partial charge in [0.15, 0.2) is 0 Å². The molecule has 0 radical (unpaired) electrons. The maximum Gasteiger partial charge on any atom is 0.134 e. The molecule has 1 aromatic carbocycles. The van der Waals surface area contributed by atoms with Crippen molar-refractivity contribution < 1.29 is 14.7 Å². The molecule has 2 aromatic rings. The number of aryl methyl sites for hydroxylation is 2. The fourth-order valence-corrected chi connectivity index (χ4v) is 2.21. The predicted octanol–water partition coefficient (Wildman–Crippen LogP) is 1.88. The fraction of sp³-hybridized carbons (Fsp3) is 0.286. The summed E-state index contributed by atoms with van der Waals surface area (Å²) in [4.78, 5) is 0. The molecular weight excluding hydrogens is 258 g/mol. The molecule has 6 heteroatoms. The summed E-state index contributed by atoms with van der Waals surface area (Å²) in [7, 11) is 1.89. The van der Waals surface area contributed by atoms with Crippen molar-refractivity contribution in [2.45, 2.75) is 13.5 Å². The van der Waals surface area contributed by atoms with E-state index in [0.717, 1.165) is 17.0 Å². The second-order valence-corrected chi connectivity index (χ2v) is 4.68. The average Bonchev–Trinajstić information content (AvgIpc) is 2.98. The van der Waals surface area contributed by atoms with Crippen molar-refractivity contribution in [2.75, 3.05) is 6.61 Å². The fourth-order valence-electron chi connectivity index (χ4n) is 2.21. The van der Waals surface area contributed by atoms with E-state index >= 15 is 0 Å². The normalized spacial score (nSPS) is 15.2. The number of fused-ring (bicyclic) bond motifs is 1. The average molecular weight is 273 g/mol. The molecule has 3 rings (SSSR count). The summed E-state index contributed by atoms with van der Waals surface area (Å²) in [5.41, 5.74) is 3.30. The van der Waals surface area contributed by atoms with Gasteiger partial charge in [-0.2, -0.15) is 5.10 Å². The Morgan fingerprint density at radius 3 is 3.00 bits per heavy atom. The number of oxime groups is 1. The third-order valence-corrected chi connectivity index (χ3v) is 3.23. The number of ether oxygens (including phenoxy) is 2. The summed E-state index contributed by atoms with van der Waals surface area (Å²) in [6.07, 6.45) is 0. The second-order valence-electron chi connectivity index (χ2n) is 4.68. The largest absolute Gasteiger partial charge is 0.487 e. The molecule has 0 unspecified atom stereocenters. The third kappa shape index (κ3) is 2.20. The van der Waals surface area contributed by atoms with Gasteiger partial charge in [0.2, 0.25) is 0 Å². The molecule has 0 bridgehead atoms. The molecule has 1 N–H and O–H groups in total. The van der Waals surface area contributed by atoms with Gasteiger partial charge in [-0.3, -0.25) is 4.68 Å². The molecule has 6 nitrogen and oxygen atoms in total. The first kappa shape index (κ1) is 12.5. The molecule has 0 saturated heterocycles. The lowest BCUT2D eigenvalue weighted by atomic mass is 10.1. The number of rotatable bonds is 3. The molecule has 2 heterocycles. The van der Waals surface area contributed by atoms with Crippen LogP contribution in [0.3, 0.4) is 0 Å². The lowest BCUT2D eigenvalue weighted by Gasteiger charge is -2.07. The minimum Gasteiger partial charge on any atom is -0.487 e. The highest BCUT2D eigenvalue weighted by molar-refractivity contribution is 6.05. The molecule has 0 spiro atoms. The van der Waals surface area contributed by atoms with E-state index < -0.39 is 0 Å². The van der Waals surface area contributed by atoms with Crippen molar-refractivity contribution in [1.82, 2.24) is 9.78 Å². The number of hydrogen-bond acceptors (Lipinski definition) is 5. The lowest BCUT2D eigenvalue weighted by molar-refractivity contribution is 0.292. The Morgan fingerprint density at radius 2 is 2.30 bits per heavy atom. The van der Waals surface area contributed by atoms with Gasteiger partial charge in [-0.15, -0.1) is 0 Å². The maximum absolute atomic E-state index is 8.83. The monoisotopic (exact) mass is 273 g/mol. The van der Waals surface area contributed by atoms with Crippen LogP contribution in [-0.2, 0) is 13.7 Å². The minimum absolute atomic E-state index is 0.288. The zero-order chi connectivity index (χ0) is 14.1. The first-order chi connectivity index (χ1) is 9.67. The Bertz CT molecular complexity index is 676. The Morgan fingerprint density at radius 1 is 1.45 bits per heavy atom. The van der Waals surface area contributed by atoms with Gasteiger partial charge in [-0.05, 0) is 25.1 Å². The molecule has 1 aliphatic rings. The van der Waals surface area contributed by atoms with Crippen LogP contribution in [0, 0.1) is 6.92 Å². The van der Waals surface area contributed by atoms with Crippen LogP contribution >= 0.6 is 0 Å². The summed E-state index contributed by atoms with van der Waals surface area (Å²) < 4.78 is 13.0. The number of nitrogens with zero attached hydrogens (tertiary/aromatic N) is 3. The molecular formula is C14H15N3O3. The summed E-state index contributed by atoms with van der Waals surface area (Å²) in [6, 6.07) is 7.46. The number of benzene rings is 1. The summed E-state index contributed by atoms with van der Waals surface area (Å²) in [5.74, 6) is 1.39. The summed E-state index contributed by atoms with van der Waals surface area (Å²) >= 11 is 0. The van der Waals surface area contributed by atoms with Gasteiger partial charge in [0.05, 0.1) is 11.4 Å². The first-order valence-electron chi connectivity index (χ1n) is 6.28.